The fourth-order valence-electron chi connectivity index (χ4n) is 5.41. The van der Waals surface area contributed by atoms with Crippen LogP contribution in [0.15, 0.2) is 42.2 Å². The highest BCUT2D eigenvalue weighted by molar-refractivity contribution is 5.93. The van der Waals surface area contributed by atoms with Crippen molar-refractivity contribution in [2.75, 3.05) is 19.6 Å². The maximum atomic E-state index is 13.2. The molecule has 0 spiro atoms. The van der Waals surface area contributed by atoms with Crippen molar-refractivity contribution < 1.29 is 14.3 Å². The number of rotatable bonds is 6. The predicted octanol–water partition coefficient (Wildman–Crippen LogP) is 4.32. The zero-order chi connectivity index (χ0) is 24.2. The van der Waals surface area contributed by atoms with Gasteiger partial charge in [-0.05, 0) is 57.4 Å². The molecule has 1 aromatic carbocycles. The molecule has 7 heteroatoms. The van der Waals surface area contributed by atoms with E-state index in [4.69, 9.17) is 4.74 Å². The van der Waals surface area contributed by atoms with E-state index in [0.717, 1.165) is 17.7 Å². The molecule has 0 unspecified atom stereocenters. The van der Waals surface area contributed by atoms with E-state index in [9.17, 15) is 9.59 Å². The molecule has 3 heterocycles. The van der Waals surface area contributed by atoms with Gasteiger partial charge in [0.05, 0.1) is 25.2 Å². The molecule has 1 atom stereocenters. The molecule has 1 saturated heterocycles. The van der Waals surface area contributed by atoms with Crippen LogP contribution in [0.4, 0.5) is 0 Å². The number of likely N-dealkylation sites (tertiary alicyclic amines) is 1. The molecule has 0 saturated carbocycles. The van der Waals surface area contributed by atoms with Crippen LogP contribution < -0.4 is 5.32 Å². The van der Waals surface area contributed by atoms with Crippen LogP contribution in [0, 0.1) is 12.8 Å². The zero-order valence-electron chi connectivity index (χ0n) is 20.7. The van der Waals surface area contributed by atoms with Crippen molar-refractivity contribution in [3.05, 3.63) is 64.8 Å². The van der Waals surface area contributed by atoms with Gasteiger partial charge in [0.25, 0.3) is 5.91 Å². The maximum absolute atomic E-state index is 13.2. The van der Waals surface area contributed by atoms with Crippen molar-refractivity contribution in [1.29, 1.82) is 0 Å². The van der Waals surface area contributed by atoms with Crippen molar-refractivity contribution >= 4 is 11.8 Å². The summed E-state index contributed by atoms with van der Waals surface area (Å²) in [6.45, 7) is 4.98. The lowest BCUT2D eigenvalue weighted by atomic mass is 9.95. The van der Waals surface area contributed by atoms with Gasteiger partial charge in [-0.25, -0.2) is 4.98 Å². The van der Waals surface area contributed by atoms with Crippen LogP contribution in [0.3, 0.4) is 0 Å². The molecule has 1 aromatic heterocycles. The molecule has 2 amide bonds. The third-order valence-corrected chi connectivity index (χ3v) is 7.67. The van der Waals surface area contributed by atoms with Crippen molar-refractivity contribution in [1.82, 2.24) is 19.8 Å². The van der Waals surface area contributed by atoms with E-state index >= 15 is 0 Å². The van der Waals surface area contributed by atoms with E-state index in [2.05, 4.69) is 47.6 Å². The average molecular weight is 477 g/mol. The van der Waals surface area contributed by atoms with Gasteiger partial charge in [0.2, 0.25) is 5.91 Å². The van der Waals surface area contributed by atoms with E-state index in [1.807, 2.05) is 9.47 Å². The van der Waals surface area contributed by atoms with Gasteiger partial charge in [0.15, 0.2) is 5.69 Å². The summed E-state index contributed by atoms with van der Waals surface area (Å²) in [5, 5.41) is 3.12. The molecule has 1 fully saturated rings. The second kappa shape index (κ2) is 10.8. The minimum absolute atomic E-state index is 0.0195. The molecule has 2 aliphatic heterocycles. The van der Waals surface area contributed by atoms with Gasteiger partial charge in [0, 0.05) is 25.6 Å². The number of carbonyl (C=O) groups excluding carboxylic acids is 2. The molecule has 7 nitrogen and oxygen atoms in total. The summed E-state index contributed by atoms with van der Waals surface area (Å²) in [5.74, 6) is 0.0524. The Labute approximate surface area is 207 Å². The summed E-state index contributed by atoms with van der Waals surface area (Å²) in [6.07, 6.45) is 11.3. The maximum Gasteiger partial charge on any atom is 0.274 e. The lowest BCUT2D eigenvalue weighted by molar-refractivity contribution is -0.126. The standard InChI is InChI=1S/C28H36N4O3/c1-20-7-9-22(10-8-20)25-17-32-19-30-26(24(32)18-35-25)28(34)31-15-12-23(13-16-31)27(33)29-14-11-21-5-3-2-4-6-21/h5,7-10,19,23,25H,2-4,6,11-18H2,1H3,(H,29,33)/t25-/m1/s1. The van der Waals surface area contributed by atoms with Gasteiger partial charge in [-0.3, -0.25) is 9.59 Å². The number of carbonyl (C=O) groups is 2. The first kappa shape index (κ1) is 23.8. The lowest BCUT2D eigenvalue weighted by Crippen LogP contribution is -2.43. The lowest BCUT2D eigenvalue weighted by Gasteiger charge is -2.31. The summed E-state index contributed by atoms with van der Waals surface area (Å²) in [7, 11) is 0. The van der Waals surface area contributed by atoms with Crippen molar-refractivity contribution in [2.24, 2.45) is 5.92 Å². The number of nitrogens with one attached hydrogen (secondary N) is 1. The van der Waals surface area contributed by atoms with Crippen LogP contribution >= 0.6 is 0 Å². The van der Waals surface area contributed by atoms with Crippen LogP contribution in [-0.2, 0) is 22.7 Å². The molecule has 35 heavy (non-hydrogen) atoms. The highest BCUT2D eigenvalue weighted by Crippen LogP contribution is 2.29. The molecule has 5 rings (SSSR count). The molecule has 186 valence electrons. The fraction of sp³-hybridized carbons (Fsp3) is 0.536. The van der Waals surface area contributed by atoms with Crippen molar-refractivity contribution in [3.63, 3.8) is 0 Å². The Balaban J connectivity index is 1.12. The first-order chi connectivity index (χ1) is 17.1. The summed E-state index contributed by atoms with van der Waals surface area (Å²) >= 11 is 0. The first-order valence-electron chi connectivity index (χ1n) is 13.1. The van der Waals surface area contributed by atoms with Crippen molar-refractivity contribution in [2.45, 2.75) is 71.1 Å². The average Bonchev–Trinajstić information content (AvgIpc) is 3.33. The number of fused-ring (bicyclic) bond motifs is 1. The number of benzene rings is 1. The Kier molecular flexibility index (Phi) is 7.32. The highest BCUT2D eigenvalue weighted by atomic mass is 16.5. The van der Waals surface area contributed by atoms with Crippen LogP contribution in [0.1, 0.15) is 78.4 Å². The molecule has 0 radical (unpaired) electrons. The number of allylic oxidation sites excluding steroid dienone is 1. The summed E-state index contributed by atoms with van der Waals surface area (Å²) in [5.41, 5.74) is 5.17. The molecule has 3 aliphatic rings. The number of aromatic nitrogens is 2. The number of piperidine rings is 1. The quantitative estimate of drug-likeness (QED) is 0.630. The van der Waals surface area contributed by atoms with Gasteiger partial charge in [-0.1, -0.05) is 41.5 Å². The smallest absolute Gasteiger partial charge is 0.274 e. The van der Waals surface area contributed by atoms with Crippen LogP contribution in [-0.4, -0.2) is 45.9 Å². The van der Waals surface area contributed by atoms with E-state index in [-0.39, 0.29) is 23.8 Å². The predicted molar refractivity (Wildman–Crippen MR) is 134 cm³/mol. The van der Waals surface area contributed by atoms with E-state index < -0.39 is 0 Å². The summed E-state index contributed by atoms with van der Waals surface area (Å²) < 4.78 is 8.15. The van der Waals surface area contributed by atoms with Gasteiger partial charge in [-0.15, -0.1) is 0 Å². The Morgan fingerprint density at radius 1 is 1.14 bits per heavy atom. The molecule has 1 N–H and O–H groups in total. The first-order valence-corrected chi connectivity index (χ1v) is 13.1. The van der Waals surface area contributed by atoms with Crippen molar-refractivity contribution in [3.8, 4) is 0 Å². The van der Waals surface area contributed by atoms with E-state index in [1.165, 1.54) is 36.8 Å². The monoisotopic (exact) mass is 476 g/mol. The molecular formula is C28H36N4O3. The topological polar surface area (TPSA) is 76.5 Å². The third-order valence-electron chi connectivity index (χ3n) is 7.67. The number of nitrogens with zero attached hydrogens (tertiary/aromatic N) is 3. The SMILES string of the molecule is Cc1ccc([C@H]2Cn3cnc(C(=O)N4CCC(C(=O)NCCC5=CCCCC5)CC4)c3CO2)cc1. The normalized spacial score (nSPS) is 20.8. The zero-order valence-corrected chi connectivity index (χ0v) is 20.7. The number of aryl methyl sites for hydroxylation is 1. The third kappa shape index (κ3) is 5.50. The Hall–Kier alpha value is -2.93. The Morgan fingerprint density at radius 2 is 1.94 bits per heavy atom. The largest absolute Gasteiger partial charge is 0.365 e. The minimum Gasteiger partial charge on any atom is -0.365 e. The Bertz CT molecular complexity index is 1080. The number of ether oxygens (including phenoxy) is 1. The van der Waals surface area contributed by atoms with Crippen LogP contribution in [0.2, 0.25) is 0 Å². The van der Waals surface area contributed by atoms with Gasteiger partial charge >= 0.3 is 0 Å². The number of amides is 2. The van der Waals surface area contributed by atoms with Gasteiger partial charge in [0.1, 0.15) is 6.10 Å². The van der Waals surface area contributed by atoms with Gasteiger partial charge in [-0.2, -0.15) is 0 Å². The van der Waals surface area contributed by atoms with Gasteiger partial charge < -0.3 is 19.5 Å². The Morgan fingerprint density at radius 3 is 2.69 bits per heavy atom. The molecule has 2 aromatic rings. The fourth-order valence-corrected chi connectivity index (χ4v) is 5.41. The molecule has 1 aliphatic carbocycles. The number of imidazole rings is 1. The number of hydrogen-bond acceptors (Lipinski definition) is 4. The minimum atomic E-state index is -0.0563. The number of hydrogen-bond donors (Lipinski definition) is 1. The van der Waals surface area contributed by atoms with Crippen LogP contribution in [0.25, 0.3) is 0 Å². The second-order valence-corrected chi connectivity index (χ2v) is 10.1. The highest BCUT2D eigenvalue weighted by Gasteiger charge is 2.32. The second-order valence-electron chi connectivity index (χ2n) is 10.1. The molecular weight excluding hydrogens is 440 g/mol. The van der Waals surface area contributed by atoms with E-state index in [0.29, 0.717) is 51.3 Å². The molecule has 0 bridgehead atoms. The van der Waals surface area contributed by atoms with Crippen LogP contribution in [0.5, 0.6) is 0 Å². The van der Waals surface area contributed by atoms with E-state index in [1.54, 1.807) is 6.33 Å². The summed E-state index contributed by atoms with van der Waals surface area (Å²) in [4.78, 5) is 32.2. The summed E-state index contributed by atoms with van der Waals surface area (Å²) in [6, 6.07) is 8.38.